The summed E-state index contributed by atoms with van der Waals surface area (Å²) in [4.78, 5) is 14.7. The first-order valence-corrected chi connectivity index (χ1v) is 8.66. The Morgan fingerprint density at radius 2 is 1.70 bits per heavy atom. The van der Waals surface area contributed by atoms with Crippen LogP contribution in [0.5, 0.6) is 17.2 Å². The van der Waals surface area contributed by atoms with E-state index in [0.717, 1.165) is 0 Å². The molecule has 0 bridgehead atoms. The van der Waals surface area contributed by atoms with Crippen molar-refractivity contribution in [1.82, 2.24) is 0 Å². The van der Waals surface area contributed by atoms with Crippen LogP contribution in [0.4, 0.5) is 5.69 Å². The first-order chi connectivity index (χ1) is 12.2. The second kappa shape index (κ2) is 8.54. The molecular weight excluding hydrogens is 372 g/mol. The summed E-state index contributed by atoms with van der Waals surface area (Å²) in [5.74, 6) is 1.26. The van der Waals surface area contributed by atoms with E-state index in [1.807, 2.05) is 20.8 Å². The Balaban J connectivity index is 0.00000364. The van der Waals surface area contributed by atoms with Gasteiger partial charge in [-0.25, -0.2) is 0 Å². The van der Waals surface area contributed by atoms with Crippen LogP contribution in [-0.4, -0.2) is 52.5 Å². The number of benzene rings is 1. The Morgan fingerprint density at radius 1 is 1.19 bits per heavy atom. The molecule has 1 saturated carbocycles. The molecule has 2 atom stereocenters. The third-order valence-electron chi connectivity index (χ3n) is 5.55. The number of likely N-dealkylation sites (N-methyl/N-ethyl adjacent to an activating group) is 1. The van der Waals surface area contributed by atoms with Gasteiger partial charge in [-0.15, -0.1) is 12.4 Å². The van der Waals surface area contributed by atoms with Crippen LogP contribution in [0, 0.1) is 5.41 Å². The zero-order valence-corrected chi connectivity index (χ0v) is 17.9. The normalized spacial score (nSPS) is 22.9. The summed E-state index contributed by atoms with van der Waals surface area (Å²) in [7, 11) is 6.31. The number of hydrogen-bond acceptors (Lipinski definition) is 6. The Hall–Kier alpha value is -1.70. The average molecular weight is 403 g/mol. The Kier molecular flexibility index (Phi) is 7.38. The lowest BCUT2D eigenvalue weighted by atomic mass is 9.54. The monoisotopic (exact) mass is 402 g/mol. The van der Waals surface area contributed by atoms with Crippen molar-refractivity contribution in [3.63, 3.8) is 0 Å². The van der Waals surface area contributed by atoms with Gasteiger partial charge in [0.05, 0.1) is 33.1 Å². The molecule has 8 heteroatoms. The van der Waals surface area contributed by atoms with E-state index in [9.17, 15) is 4.79 Å². The van der Waals surface area contributed by atoms with Gasteiger partial charge in [-0.1, -0.05) is 13.8 Å². The molecule has 7 nitrogen and oxygen atoms in total. The van der Waals surface area contributed by atoms with Crippen LogP contribution in [0.3, 0.4) is 0 Å². The summed E-state index contributed by atoms with van der Waals surface area (Å²) in [5.41, 5.74) is 5.68. The number of methoxy groups -OCH3 is 3. The van der Waals surface area contributed by atoms with Gasteiger partial charge in [0.2, 0.25) is 11.7 Å². The molecule has 0 heterocycles. The largest absolute Gasteiger partial charge is 0.493 e. The van der Waals surface area contributed by atoms with Crippen LogP contribution in [0.1, 0.15) is 27.2 Å². The summed E-state index contributed by atoms with van der Waals surface area (Å²) in [5, 5.41) is 0. The molecule has 1 aromatic carbocycles. The van der Waals surface area contributed by atoms with Gasteiger partial charge in [-0.3, -0.25) is 4.79 Å². The zero-order chi connectivity index (χ0) is 19.7. The Labute approximate surface area is 167 Å². The maximum Gasteiger partial charge on any atom is 0.247 e. The highest BCUT2D eigenvalue weighted by atomic mass is 35.5. The van der Waals surface area contributed by atoms with Crippen molar-refractivity contribution in [2.75, 3.05) is 39.9 Å². The van der Waals surface area contributed by atoms with Crippen LogP contribution in [0.15, 0.2) is 12.1 Å². The lowest BCUT2D eigenvalue weighted by molar-refractivity contribution is -0.168. The summed E-state index contributed by atoms with van der Waals surface area (Å²) < 4.78 is 21.8. The van der Waals surface area contributed by atoms with E-state index in [4.69, 9.17) is 24.7 Å². The van der Waals surface area contributed by atoms with Gasteiger partial charge >= 0.3 is 0 Å². The van der Waals surface area contributed by atoms with E-state index in [1.165, 1.54) is 26.2 Å². The second-order valence-electron chi connectivity index (χ2n) is 7.09. The van der Waals surface area contributed by atoms with Crippen LogP contribution < -0.4 is 24.8 Å². The third kappa shape index (κ3) is 3.68. The fraction of sp³-hybridized carbons (Fsp3) is 0.632. The van der Waals surface area contributed by atoms with E-state index >= 15 is 0 Å². The maximum atomic E-state index is 13.2. The van der Waals surface area contributed by atoms with Crippen LogP contribution in [0.2, 0.25) is 0 Å². The van der Waals surface area contributed by atoms with Gasteiger partial charge in [0.25, 0.3) is 0 Å². The lowest BCUT2D eigenvalue weighted by Crippen LogP contribution is -2.75. The average Bonchev–Trinajstić information content (AvgIpc) is 2.64. The van der Waals surface area contributed by atoms with Crippen molar-refractivity contribution in [3.8, 4) is 17.2 Å². The molecule has 0 spiro atoms. The van der Waals surface area contributed by atoms with E-state index in [1.54, 1.807) is 19.2 Å². The minimum absolute atomic E-state index is 0. The molecule has 0 aliphatic heterocycles. The standard InChI is InChI=1S/C19H30N2O5.ClH/c1-8-26-15-11-19(20,18(15,2)3)17(22)21(4)12-9-13(23-5)16(25-7)14(10-12)24-6;/h9-10,15H,8,11,20H2,1-7H3;1H. The maximum absolute atomic E-state index is 13.2. The molecule has 1 aliphatic rings. The van der Waals surface area contributed by atoms with Crippen molar-refractivity contribution in [3.05, 3.63) is 12.1 Å². The molecule has 27 heavy (non-hydrogen) atoms. The van der Waals surface area contributed by atoms with Gasteiger partial charge < -0.3 is 29.6 Å². The molecule has 0 saturated heterocycles. The van der Waals surface area contributed by atoms with Crippen molar-refractivity contribution < 1.29 is 23.7 Å². The van der Waals surface area contributed by atoms with Crippen LogP contribution in [-0.2, 0) is 9.53 Å². The first kappa shape index (κ1) is 23.3. The number of amides is 1. The van der Waals surface area contributed by atoms with Gasteiger partial charge in [0.1, 0.15) is 5.54 Å². The summed E-state index contributed by atoms with van der Waals surface area (Å²) >= 11 is 0. The number of halogens is 1. The quantitative estimate of drug-likeness (QED) is 0.754. The summed E-state index contributed by atoms with van der Waals surface area (Å²) in [6.45, 7) is 6.48. The third-order valence-corrected chi connectivity index (χ3v) is 5.55. The number of nitrogens with two attached hydrogens (primary N) is 1. The second-order valence-corrected chi connectivity index (χ2v) is 7.09. The summed E-state index contributed by atoms with van der Waals surface area (Å²) in [6.07, 6.45) is 0.455. The predicted molar refractivity (Wildman–Crippen MR) is 107 cm³/mol. The predicted octanol–water partition coefficient (Wildman–Crippen LogP) is 2.63. The smallest absolute Gasteiger partial charge is 0.247 e. The molecule has 1 aromatic rings. The molecule has 1 fully saturated rings. The van der Waals surface area contributed by atoms with E-state index < -0.39 is 11.0 Å². The Bertz CT molecular complexity index is 657. The summed E-state index contributed by atoms with van der Waals surface area (Å²) in [6, 6.07) is 3.46. The van der Waals surface area contributed by atoms with Gasteiger partial charge in [0.15, 0.2) is 11.5 Å². The number of hydrogen-bond donors (Lipinski definition) is 1. The van der Waals surface area contributed by atoms with Gasteiger partial charge in [-0.2, -0.15) is 0 Å². The van der Waals surface area contributed by atoms with Crippen molar-refractivity contribution in [1.29, 1.82) is 0 Å². The fourth-order valence-corrected chi connectivity index (χ4v) is 3.48. The van der Waals surface area contributed by atoms with Crippen LogP contribution in [0.25, 0.3) is 0 Å². The van der Waals surface area contributed by atoms with Crippen molar-refractivity contribution in [2.24, 2.45) is 11.1 Å². The lowest BCUT2D eigenvalue weighted by Gasteiger charge is -2.58. The zero-order valence-electron chi connectivity index (χ0n) is 17.1. The molecule has 2 rings (SSSR count). The van der Waals surface area contributed by atoms with E-state index in [0.29, 0.717) is 36.0 Å². The molecule has 154 valence electrons. The van der Waals surface area contributed by atoms with E-state index in [-0.39, 0.29) is 24.4 Å². The highest BCUT2D eigenvalue weighted by molar-refractivity contribution is 6.01. The molecule has 1 amide bonds. The molecule has 0 radical (unpaired) electrons. The number of rotatable bonds is 7. The van der Waals surface area contributed by atoms with Gasteiger partial charge in [-0.05, 0) is 6.92 Å². The Morgan fingerprint density at radius 3 is 2.07 bits per heavy atom. The molecule has 0 aromatic heterocycles. The molecule has 2 N–H and O–H groups in total. The molecular formula is C19H31ClN2O5. The fourth-order valence-electron chi connectivity index (χ4n) is 3.48. The number of carbonyl (C=O) groups excluding carboxylic acids is 1. The number of ether oxygens (including phenoxy) is 4. The van der Waals surface area contributed by atoms with Crippen molar-refractivity contribution >= 4 is 24.0 Å². The number of carbonyl (C=O) groups is 1. The highest BCUT2D eigenvalue weighted by Gasteiger charge is 2.63. The topological polar surface area (TPSA) is 83.3 Å². The highest BCUT2D eigenvalue weighted by Crippen LogP contribution is 2.51. The molecule has 1 aliphatic carbocycles. The van der Waals surface area contributed by atoms with Gasteiger partial charge in [0, 0.05) is 37.6 Å². The minimum Gasteiger partial charge on any atom is -0.493 e. The van der Waals surface area contributed by atoms with Crippen molar-refractivity contribution in [2.45, 2.75) is 38.8 Å². The minimum atomic E-state index is -0.998. The number of anilines is 1. The molecule has 2 unspecified atom stereocenters. The van der Waals surface area contributed by atoms with Crippen LogP contribution >= 0.6 is 12.4 Å². The van der Waals surface area contributed by atoms with E-state index in [2.05, 4.69) is 0 Å². The SMILES string of the molecule is CCOC1CC(N)(C(=O)N(C)c2cc(OC)c(OC)c(OC)c2)C1(C)C.Cl. The number of nitrogens with zero attached hydrogens (tertiary/aromatic N) is 1. The first-order valence-electron chi connectivity index (χ1n) is 8.66.